The summed E-state index contributed by atoms with van der Waals surface area (Å²) in [5.41, 5.74) is -0.107. The first kappa shape index (κ1) is 10.2. The van der Waals surface area contributed by atoms with E-state index >= 15 is 0 Å². The molecular weight excluding hydrogens is 194 g/mol. The molecule has 0 spiro atoms. The van der Waals surface area contributed by atoms with Gasteiger partial charge in [-0.15, -0.1) is 0 Å². The van der Waals surface area contributed by atoms with E-state index in [9.17, 15) is 4.79 Å². The molecule has 1 N–H and O–H groups in total. The van der Waals surface area contributed by atoms with Gasteiger partial charge in [0.2, 0.25) is 11.2 Å². The molecule has 0 amide bonds. The normalized spacial score (nSPS) is 20.5. The lowest BCUT2D eigenvalue weighted by Crippen LogP contribution is -2.18. The highest BCUT2D eigenvalue weighted by Gasteiger charge is 2.16. The lowest BCUT2D eigenvalue weighted by atomic mass is 10.1. The molecule has 1 aromatic rings. The molecule has 2 rings (SSSR count). The number of hydrogen-bond donors (Lipinski definition) is 1. The van der Waals surface area contributed by atoms with E-state index in [2.05, 4.69) is 5.32 Å². The Hall–Kier alpha value is -1.29. The predicted octanol–water partition coefficient (Wildman–Crippen LogP) is 0.937. The highest BCUT2D eigenvalue weighted by Crippen LogP contribution is 2.14. The van der Waals surface area contributed by atoms with Gasteiger partial charge in [-0.3, -0.25) is 4.79 Å². The summed E-state index contributed by atoms with van der Waals surface area (Å²) in [6.07, 6.45) is 2.50. The summed E-state index contributed by atoms with van der Waals surface area (Å²) >= 11 is 0. The molecule has 0 radical (unpaired) electrons. The van der Waals surface area contributed by atoms with Crippen molar-refractivity contribution in [2.24, 2.45) is 5.92 Å². The predicted molar refractivity (Wildman–Crippen MR) is 56.2 cm³/mol. The van der Waals surface area contributed by atoms with Crippen molar-refractivity contribution in [2.45, 2.75) is 13.3 Å². The maximum atomic E-state index is 11.4. The third-order valence-corrected chi connectivity index (χ3v) is 2.63. The van der Waals surface area contributed by atoms with Crippen molar-refractivity contribution in [3.63, 3.8) is 0 Å². The van der Waals surface area contributed by atoms with E-state index in [0.29, 0.717) is 24.0 Å². The quantitative estimate of drug-likeness (QED) is 0.804. The first-order chi connectivity index (χ1) is 7.27. The van der Waals surface area contributed by atoms with E-state index in [4.69, 9.17) is 9.15 Å². The van der Waals surface area contributed by atoms with E-state index in [0.717, 1.165) is 19.5 Å². The second-order valence-electron chi connectivity index (χ2n) is 3.84. The van der Waals surface area contributed by atoms with Gasteiger partial charge < -0.3 is 14.5 Å². The van der Waals surface area contributed by atoms with Crippen LogP contribution in [0.4, 0.5) is 0 Å². The molecule has 0 aliphatic carbocycles. The zero-order valence-corrected chi connectivity index (χ0v) is 8.79. The zero-order valence-electron chi connectivity index (χ0n) is 8.79. The molecule has 1 aliphatic heterocycles. The number of rotatable bonds is 3. The van der Waals surface area contributed by atoms with Gasteiger partial charge in [0.15, 0.2) is 0 Å². The SMILES string of the molecule is Cc1occc(=O)c1OCC1CCNC1. The van der Waals surface area contributed by atoms with Gasteiger partial charge in [0.05, 0.1) is 12.9 Å². The Kier molecular flexibility index (Phi) is 3.06. The van der Waals surface area contributed by atoms with Gasteiger partial charge >= 0.3 is 0 Å². The molecule has 0 bridgehead atoms. The van der Waals surface area contributed by atoms with Gasteiger partial charge in [-0.05, 0) is 19.9 Å². The van der Waals surface area contributed by atoms with E-state index in [1.54, 1.807) is 6.92 Å². The molecule has 82 valence electrons. The molecule has 1 unspecified atom stereocenters. The van der Waals surface area contributed by atoms with Crippen molar-refractivity contribution in [1.29, 1.82) is 0 Å². The van der Waals surface area contributed by atoms with Crippen molar-refractivity contribution in [1.82, 2.24) is 5.32 Å². The fraction of sp³-hybridized carbons (Fsp3) is 0.545. The van der Waals surface area contributed by atoms with Gasteiger partial charge in [0.25, 0.3) is 0 Å². The summed E-state index contributed by atoms with van der Waals surface area (Å²) in [5, 5.41) is 3.26. The molecule has 1 aromatic heterocycles. The van der Waals surface area contributed by atoms with Crippen LogP contribution in [0.5, 0.6) is 5.75 Å². The molecule has 0 aromatic carbocycles. The van der Waals surface area contributed by atoms with E-state index in [1.807, 2.05) is 0 Å². The lowest BCUT2D eigenvalue weighted by Gasteiger charge is -2.10. The van der Waals surface area contributed by atoms with Gasteiger partial charge in [-0.25, -0.2) is 0 Å². The third-order valence-electron chi connectivity index (χ3n) is 2.63. The number of nitrogens with one attached hydrogen (secondary N) is 1. The summed E-state index contributed by atoms with van der Waals surface area (Å²) in [7, 11) is 0. The highest BCUT2D eigenvalue weighted by molar-refractivity contribution is 5.23. The molecule has 2 heterocycles. The second kappa shape index (κ2) is 4.49. The Morgan fingerprint density at radius 3 is 3.20 bits per heavy atom. The summed E-state index contributed by atoms with van der Waals surface area (Å²) in [4.78, 5) is 11.4. The molecule has 4 nitrogen and oxygen atoms in total. The number of ether oxygens (including phenoxy) is 1. The summed E-state index contributed by atoms with van der Waals surface area (Å²) in [6, 6.07) is 1.38. The van der Waals surface area contributed by atoms with Crippen LogP contribution in [0.25, 0.3) is 0 Å². The van der Waals surface area contributed by atoms with Crippen molar-refractivity contribution >= 4 is 0 Å². The monoisotopic (exact) mass is 209 g/mol. The Labute approximate surface area is 88.2 Å². The first-order valence-electron chi connectivity index (χ1n) is 5.19. The van der Waals surface area contributed by atoms with E-state index < -0.39 is 0 Å². The number of hydrogen-bond acceptors (Lipinski definition) is 4. The minimum Gasteiger partial charge on any atom is -0.486 e. The highest BCUT2D eigenvalue weighted by atomic mass is 16.5. The van der Waals surface area contributed by atoms with Crippen LogP contribution in [0.1, 0.15) is 12.2 Å². The molecule has 1 atom stereocenters. The van der Waals surface area contributed by atoms with Gasteiger partial charge in [0, 0.05) is 18.5 Å². The van der Waals surface area contributed by atoms with Gasteiger partial charge in [-0.1, -0.05) is 0 Å². The van der Waals surface area contributed by atoms with E-state index in [-0.39, 0.29) is 5.43 Å². The van der Waals surface area contributed by atoms with Gasteiger partial charge in [0.1, 0.15) is 5.76 Å². The summed E-state index contributed by atoms with van der Waals surface area (Å²) in [6.45, 7) is 4.33. The zero-order chi connectivity index (χ0) is 10.7. The molecule has 1 saturated heterocycles. The Morgan fingerprint density at radius 1 is 1.67 bits per heavy atom. The van der Waals surface area contributed by atoms with Gasteiger partial charge in [-0.2, -0.15) is 0 Å². The van der Waals surface area contributed by atoms with E-state index in [1.165, 1.54) is 12.3 Å². The van der Waals surface area contributed by atoms with Crippen LogP contribution < -0.4 is 15.5 Å². The maximum Gasteiger partial charge on any atom is 0.226 e. The minimum absolute atomic E-state index is 0.107. The van der Waals surface area contributed by atoms with Crippen LogP contribution in [0.15, 0.2) is 21.5 Å². The van der Waals surface area contributed by atoms with Crippen LogP contribution in [0.2, 0.25) is 0 Å². The van der Waals surface area contributed by atoms with Crippen LogP contribution in [0, 0.1) is 12.8 Å². The van der Waals surface area contributed by atoms with Crippen LogP contribution in [-0.2, 0) is 0 Å². The van der Waals surface area contributed by atoms with Crippen LogP contribution in [0.3, 0.4) is 0 Å². The topological polar surface area (TPSA) is 51.5 Å². The summed E-state index contributed by atoms with van der Waals surface area (Å²) in [5.74, 6) is 1.40. The second-order valence-corrected chi connectivity index (χ2v) is 3.84. The van der Waals surface area contributed by atoms with Crippen molar-refractivity contribution in [3.05, 3.63) is 28.3 Å². The molecule has 1 fully saturated rings. The fourth-order valence-electron chi connectivity index (χ4n) is 1.73. The molecule has 4 heteroatoms. The van der Waals surface area contributed by atoms with Crippen molar-refractivity contribution in [3.8, 4) is 5.75 Å². The standard InChI is InChI=1S/C11H15NO3/c1-8-11(10(13)3-5-14-8)15-7-9-2-4-12-6-9/h3,5,9,12H,2,4,6-7H2,1H3. The average Bonchev–Trinajstić information content (AvgIpc) is 2.70. The maximum absolute atomic E-state index is 11.4. The Bertz CT molecular complexity index is 380. The first-order valence-corrected chi connectivity index (χ1v) is 5.19. The third kappa shape index (κ3) is 2.39. The lowest BCUT2D eigenvalue weighted by molar-refractivity contribution is 0.247. The van der Waals surface area contributed by atoms with Crippen LogP contribution >= 0.6 is 0 Å². The fourth-order valence-corrected chi connectivity index (χ4v) is 1.73. The largest absolute Gasteiger partial charge is 0.486 e. The molecule has 1 aliphatic rings. The summed E-state index contributed by atoms with van der Waals surface area (Å²) < 4.78 is 10.6. The minimum atomic E-state index is -0.107. The van der Waals surface area contributed by atoms with Crippen LogP contribution in [-0.4, -0.2) is 19.7 Å². The smallest absolute Gasteiger partial charge is 0.226 e. The Morgan fingerprint density at radius 2 is 2.53 bits per heavy atom. The molecular formula is C11H15NO3. The van der Waals surface area contributed by atoms with Crippen molar-refractivity contribution in [2.75, 3.05) is 19.7 Å². The number of aryl methyl sites for hydroxylation is 1. The Balaban J connectivity index is 2.01. The molecule has 15 heavy (non-hydrogen) atoms. The molecule has 0 saturated carbocycles. The van der Waals surface area contributed by atoms with Crippen molar-refractivity contribution < 1.29 is 9.15 Å². The average molecular weight is 209 g/mol.